The van der Waals surface area contributed by atoms with E-state index in [4.69, 9.17) is 4.74 Å². The van der Waals surface area contributed by atoms with E-state index in [0.717, 1.165) is 32.4 Å². The number of nitrogens with one attached hydrogen (secondary N) is 2. The van der Waals surface area contributed by atoms with Crippen molar-refractivity contribution >= 4 is 11.6 Å². The van der Waals surface area contributed by atoms with Crippen LogP contribution in [0, 0.1) is 22.7 Å². The number of anilines is 1. The van der Waals surface area contributed by atoms with Gasteiger partial charge in [0.15, 0.2) is 0 Å². The molecule has 110 valence electrons. The summed E-state index contributed by atoms with van der Waals surface area (Å²) in [5, 5.41) is 15.4. The summed E-state index contributed by atoms with van der Waals surface area (Å²) in [6, 6.07) is 7.29. The molecule has 0 radical (unpaired) electrons. The average molecular weight is 285 g/mol. The van der Waals surface area contributed by atoms with Crippen LogP contribution in [0.3, 0.4) is 0 Å². The topological polar surface area (TPSA) is 74.1 Å². The van der Waals surface area contributed by atoms with Crippen molar-refractivity contribution in [2.75, 3.05) is 25.5 Å². The van der Waals surface area contributed by atoms with Gasteiger partial charge < -0.3 is 15.4 Å². The van der Waals surface area contributed by atoms with E-state index in [-0.39, 0.29) is 17.2 Å². The van der Waals surface area contributed by atoms with Crippen LogP contribution in [0.5, 0.6) is 5.75 Å². The van der Waals surface area contributed by atoms with Crippen LogP contribution in [0.1, 0.15) is 24.8 Å². The number of piperidine rings is 1. The molecule has 2 aliphatic rings. The molecule has 0 aromatic heterocycles. The molecule has 1 aliphatic heterocycles. The molecule has 1 atom stereocenters. The van der Waals surface area contributed by atoms with Gasteiger partial charge in [0.1, 0.15) is 17.5 Å². The van der Waals surface area contributed by atoms with E-state index in [1.165, 1.54) is 7.11 Å². The third-order valence-electron chi connectivity index (χ3n) is 4.72. The standard InChI is InChI=1S/C16H19N3O2/c1-21-13-4-2-3-11(10-17)14(13)19-15(20)12-9-16(12)5-7-18-8-6-16/h2-4,12,18H,5-9H2,1H3,(H,19,20). The lowest BCUT2D eigenvalue weighted by Crippen LogP contribution is -2.31. The number of ether oxygens (including phenoxy) is 1. The predicted molar refractivity (Wildman–Crippen MR) is 79.0 cm³/mol. The second-order valence-corrected chi connectivity index (χ2v) is 5.85. The molecule has 0 bridgehead atoms. The molecule has 2 fully saturated rings. The van der Waals surface area contributed by atoms with Crippen molar-refractivity contribution < 1.29 is 9.53 Å². The fourth-order valence-electron chi connectivity index (χ4n) is 3.33. The maximum Gasteiger partial charge on any atom is 0.228 e. The van der Waals surface area contributed by atoms with Gasteiger partial charge in [0, 0.05) is 5.92 Å². The average Bonchev–Trinajstić information content (AvgIpc) is 3.21. The molecular formula is C16H19N3O2. The van der Waals surface area contributed by atoms with Crippen LogP contribution in [0.2, 0.25) is 0 Å². The minimum atomic E-state index is 0.0119. The Labute approximate surface area is 124 Å². The molecule has 3 rings (SSSR count). The van der Waals surface area contributed by atoms with E-state index < -0.39 is 0 Å². The van der Waals surface area contributed by atoms with Crippen molar-refractivity contribution in [1.82, 2.24) is 5.32 Å². The molecule has 1 amide bonds. The Bertz CT molecular complexity index is 600. The number of hydrogen-bond donors (Lipinski definition) is 2. The molecule has 1 aromatic rings. The van der Waals surface area contributed by atoms with Crippen molar-refractivity contribution in [3.8, 4) is 11.8 Å². The molecule has 1 aromatic carbocycles. The summed E-state index contributed by atoms with van der Waals surface area (Å²) < 4.78 is 5.25. The molecule has 1 aliphatic carbocycles. The largest absolute Gasteiger partial charge is 0.495 e. The lowest BCUT2D eigenvalue weighted by molar-refractivity contribution is -0.118. The quantitative estimate of drug-likeness (QED) is 0.889. The molecule has 1 spiro atoms. The molecule has 5 heteroatoms. The number of carbonyl (C=O) groups excluding carboxylic acids is 1. The molecule has 2 N–H and O–H groups in total. The Morgan fingerprint density at radius 2 is 2.24 bits per heavy atom. The summed E-state index contributed by atoms with van der Waals surface area (Å²) in [4.78, 5) is 12.5. The lowest BCUT2D eigenvalue weighted by Gasteiger charge is -2.23. The molecule has 1 saturated heterocycles. The molecule has 5 nitrogen and oxygen atoms in total. The number of nitriles is 1. The van der Waals surface area contributed by atoms with Gasteiger partial charge in [-0.05, 0) is 49.9 Å². The van der Waals surface area contributed by atoms with E-state index in [1.807, 2.05) is 0 Å². The summed E-state index contributed by atoms with van der Waals surface area (Å²) in [6.45, 7) is 1.98. The first-order valence-electron chi connectivity index (χ1n) is 7.29. The zero-order chi connectivity index (χ0) is 14.9. The van der Waals surface area contributed by atoms with Crippen LogP contribution in [0.4, 0.5) is 5.69 Å². The van der Waals surface area contributed by atoms with Crippen LogP contribution in [0.25, 0.3) is 0 Å². The maximum atomic E-state index is 12.5. The number of carbonyl (C=O) groups is 1. The number of para-hydroxylation sites is 1. The number of amides is 1. The van der Waals surface area contributed by atoms with Crippen LogP contribution < -0.4 is 15.4 Å². The number of methoxy groups -OCH3 is 1. The summed E-state index contributed by atoms with van der Waals surface area (Å²) in [5.74, 6) is 0.608. The van der Waals surface area contributed by atoms with Gasteiger partial charge in [0.05, 0.1) is 12.7 Å². The Balaban J connectivity index is 1.76. The molecule has 1 unspecified atom stereocenters. The second kappa shape index (κ2) is 5.38. The SMILES string of the molecule is COc1cccc(C#N)c1NC(=O)C1CC12CCNCC2. The Hall–Kier alpha value is -2.06. The lowest BCUT2D eigenvalue weighted by atomic mass is 9.91. The summed E-state index contributed by atoms with van der Waals surface area (Å²) in [5.41, 5.74) is 1.11. The highest BCUT2D eigenvalue weighted by atomic mass is 16.5. The van der Waals surface area contributed by atoms with Crippen molar-refractivity contribution in [3.63, 3.8) is 0 Å². The second-order valence-electron chi connectivity index (χ2n) is 5.85. The first kappa shape index (κ1) is 13.9. The third-order valence-corrected chi connectivity index (χ3v) is 4.72. The fourth-order valence-corrected chi connectivity index (χ4v) is 3.33. The van der Waals surface area contributed by atoms with Gasteiger partial charge >= 0.3 is 0 Å². The maximum absolute atomic E-state index is 12.5. The first-order chi connectivity index (χ1) is 10.2. The van der Waals surface area contributed by atoms with Crippen molar-refractivity contribution in [1.29, 1.82) is 5.26 Å². The monoisotopic (exact) mass is 285 g/mol. The summed E-state index contributed by atoms with van der Waals surface area (Å²) in [7, 11) is 1.54. The molecule has 1 saturated carbocycles. The van der Waals surface area contributed by atoms with Crippen LogP contribution in [-0.4, -0.2) is 26.1 Å². The van der Waals surface area contributed by atoms with Crippen LogP contribution in [-0.2, 0) is 4.79 Å². The summed E-state index contributed by atoms with van der Waals surface area (Å²) in [6.07, 6.45) is 3.07. The van der Waals surface area contributed by atoms with E-state index in [9.17, 15) is 10.1 Å². The number of rotatable bonds is 3. The van der Waals surface area contributed by atoms with Gasteiger partial charge in [0.25, 0.3) is 0 Å². The van der Waals surface area contributed by atoms with Crippen molar-refractivity contribution in [2.45, 2.75) is 19.3 Å². The van der Waals surface area contributed by atoms with E-state index in [0.29, 0.717) is 17.0 Å². The smallest absolute Gasteiger partial charge is 0.228 e. The van der Waals surface area contributed by atoms with Gasteiger partial charge in [-0.15, -0.1) is 0 Å². The molecular weight excluding hydrogens is 266 g/mol. The number of hydrogen-bond acceptors (Lipinski definition) is 4. The van der Waals surface area contributed by atoms with Gasteiger partial charge in [-0.2, -0.15) is 5.26 Å². The van der Waals surface area contributed by atoms with Gasteiger partial charge in [-0.25, -0.2) is 0 Å². The third kappa shape index (κ3) is 2.47. The summed E-state index contributed by atoms with van der Waals surface area (Å²) >= 11 is 0. The van der Waals surface area contributed by atoms with E-state index >= 15 is 0 Å². The highest BCUT2D eigenvalue weighted by Crippen LogP contribution is 2.58. The number of nitrogens with zero attached hydrogens (tertiary/aromatic N) is 1. The molecule has 1 heterocycles. The van der Waals surface area contributed by atoms with Crippen LogP contribution in [0.15, 0.2) is 18.2 Å². The number of benzene rings is 1. The van der Waals surface area contributed by atoms with Gasteiger partial charge in [-0.1, -0.05) is 6.07 Å². The van der Waals surface area contributed by atoms with E-state index in [1.54, 1.807) is 18.2 Å². The zero-order valence-corrected chi connectivity index (χ0v) is 12.1. The Kier molecular flexibility index (Phi) is 3.56. The van der Waals surface area contributed by atoms with Crippen molar-refractivity contribution in [2.24, 2.45) is 11.3 Å². The Morgan fingerprint density at radius 3 is 2.90 bits per heavy atom. The predicted octanol–water partition coefficient (Wildman–Crippen LogP) is 1.90. The zero-order valence-electron chi connectivity index (χ0n) is 12.1. The minimum absolute atomic E-state index is 0.0119. The van der Waals surface area contributed by atoms with Crippen molar-refractivity contribution in [3.05, 3.63) is 23.8 Å². The highest BCUT2D eigenvalue weighted by molar-refractivity contribution is 5.97. The first-order valence-corrected chi connectivity index (χ1v) is 7.29. The fraction of sp³-hybridized carbons (Fsp3) is 0.500. The highest BCUT2D eigenvalue weighted by Gasteiger charge is 2.57. The van der Waals surface area contributed by atoms with E-state index in [2.05, 4.69) is 16.7 Å². The van der Waals surface area contributed by atoms with Gasteiger partial charge in [-0.3, -0.25) is 4.79 Å². The Morgan fingerprint density at radius 1 is 1.48 bits per heavy atom. The normalized spacial score (nSPS) is 22.4. The van der Waals surface area contributed by atoms with Crippen LogP contribution >= 0.6 is 0 Å². The minimum Gasteiger partial charge on any atom is -0.495 e. The molecule has 21 heavy (non-hydrogen) atoms. The van der Waals surface area contributed by atoms with Gasteiger partial charge in [0.2, 0.25) is 5.91 Å².